The van der Waals surface area contributed by atoms with Crippen LogP contribution in [0.2, 0.25) is 0 Å². The van der Waals surface area contributed by atoms with Gasteiger partial charge < -0.3 is 4.90 Å². The maximum atomic E-state index is 12.6. The van der Waals surface area contributed by atoms with Crippen LogP contribution in [0.5, 0.6) is 0 Å². The molecular weight excluding hydrogens is 352 g/mol. The zero-order valence-corrected chi connectivity index (χ0v) is 15.1. The molecule has 0 aliphatic carbocycles. The molecule has 2 aromatic carbocycles. The van der Waals surface area contributed by atoms with Crippen LogP contribution in [0.15, 0.2) is 65.8 Å². The van der Waals surface area contributed by atoms with Gasteiger partial charge in [0.1, 0.15) is 0 Å². The molecule has 3 aromatic rings. The molecule has 1 amide bonds. The van der Waals surface area contributed by atoms with Crippen LogP contribution < -0.4 is 9.62 Å². The van der Waals surface area contributed by atoms with Crippen molar-refractivity contribution in [3.8, 4) is 11.1 Å². The van der Waals surface area contributed by atoms with Gasteiger partial charge in [0.2, 0.25) is 5.91 Å². The molecule has 0 unspecified atom stereocenters. The molecule has 1 aromatic heterocycles. The first kappa shape index (κ1) is 17.7. The van der Waals surface area contributed by atoms with Crippen molar-refractivity contribution in [2.24, 2.45) is 0 Å². The fourth-order valence-corrected chi connectivity index (χ4v) is 3.47. The molecule has 7 nitrogen and oxygen atoms in total. The Morgan fingerprint density at radius 2 is 1.85 bits per heavy atom. The predicted molar refractivity (Wildman–Crippen MR) is 100 cm³/mol. The van der Waals surface area contributed by atoms with Crippen molar-refractivity contribution in [1.29, 1.82) is 0 Å². The van der Waals surface area contributed by atoms with Crippen LogP contribution in [0.1, 0.15) is 6.92 Å². The molecule has 26 heavy (non-hydrogen) atoms. The number of hydrogen-bond donors (Lipinski definition) is 2. The summed E-state index contributed by atoms with van der Waals surface area (Å²) in [6.07, 6.45) is 3.40. The lowest BCUT2D eigenvalue weighted by atomic mass is 10.1. The summed E-state index contributed by atoms with van der Waals surface area (Å²) < 4.78 is 27.8. The summed E-state index contributed by atoms with van der Waals surface area (Å²) in [5, 5.41) is 6.62. The van der Waals surface area contributed by atoms with Gasteiger partial charge in [-0.25, -0.2) is 8.42 Å². The van der Waals surface area contributed by atoms with E-state index in [4.69, 9.17) is 0 Å². The summed E-state index contributed by atoms with van der Waals surface area (Å²) in [4.78, 5) is 12.9. The molecule has 0 aliphatic rings. The fraction of sp³-hybridized carbons (Fsp3) is 0.111. The van der Waals surface area contributed by atoms with E-state index in [-0.39, 0.29) is 10.8 Å². The Hall–Kier alpha value is -3.13. The normalized spacial score (nSPS) is 11.2. The van der Waals surface area contributed by atoms with Crippen molar-refractivity contribution in [3.05, 3.63) is 60.9 Å². The van der Waals surface area contributed by atoms with E-state index in [2.05, 4.69) is 14.9 Å². The Kier molecular flexibility index (Phi) is 4.77. The summed E-state index contributed by atoms with van der Waals surface area (Å²) in [7, 11) is -2.11. The van der Waals surface area contributed by atoms with E-state index in [1.165, 1.54) is 24.0 Å². The third-order valence-electron chi connectivity index (χ3n) is 3.95. The molecular formula is C18H18N4O3S. The Balaban J connectivity index is 1.83. The molecule has 2 N–H and O–H groups in total. The summed E-state index contributed by atoms with van der Waals surface area (Å²) in [5.74, 6) is -0.130. The molecule has 0 fully saturated rings. The second-order valence-electron chi connectivity index (χ2n) is 5.75. The van der Waals surface area contributed by atoms with Crippen molar-refractivity contribution in [1.82, 2.24) is 10.2 Å². The molecule has 0 saturated carbocycles. The molecule has 0 radical (unpaired) electrons. The molecule has 0 atom stereocenters. The van der Waals surface area contributed by atoms with E-state index < -0.39 is 10.0 Å². The van der Waals surface area contributed by atoms with Gasteiger partial charge in [-0.3, -0.25) is 14.6 Å². The minimum Gasteiger partial charge on any atom is -0.316 e. The smallest absolute Gasteiger partial charge is 0.261 e. The van der Waals surface area contributed by atoms with E-state index in [1.54, 1.807) is 49.8 Å². The summed E-state index contributed by atoms with van der Waals surface area (Å²) in [6.45, 7) is 1.44. The lowest BCUT2D eigenvalue weighted by Crippen LogP contribution is -2.22. The van der Waals surface area contributed by atoms with Gasteiger partial charge in [-0.05, 0) is 42.0 Å². The monoisotopic (exact) mass is 370 g/mol. The van der Waals surface area contributed by atoms with Gasteiger partial charge in [0.15, 0.2) is 0 Å². The number of anilines is 2. The van der Waals surface area contributed by atoms with Gasteiger partial charge in [0, 0.05) is 37.1 Å². The van der Waals surface area contributed by atoms with Crippen molar-refractivity contribution in [2.45, 2.75) is 11.8 Å². The van der Waals surface area contributed by atoms with Gasteiger partial charge in [0.05, 0.1) is 11.1 Å². The molecule has 0 bridgehead atoms. The zero-order valence-electron chi connectivity index (χ0n) is 14.3. The number of aromatic amines is 1. The SMILES string of the molecule is CC(=O)N(C)c1ccc(S(=O)(=O)Nc2cccc(-c3cn[nH]c3)c2)cc1. The van der Waals surface area contributed by atoms with Crippen LogP contribution >= 0.6 is 0 Å². The van der Waals surface area contributed by atoms with E-state index in [1.807, 2.05) is 6.07 Å². The Labute approximate surface area is 151 Å². The second-order valence-corrected chi connectivity index (χ2v) is 7.43. The number of benzene rings is 2. The molecule has 3 rings (SSSR count). The number of carbonyl (C=O) groups excluding carboxylic acids is 1. The number of carbonyl (C=O) groups is 1. The van der Waals surface area contributed by atoms with E-state index in [9.17, 15) is 13.2 Å². The molecule has 8 heteroatoms. The zero-order chi connectivity index (χ0) is 18.7. The largest absolute Gasteiger partial charge is 0.316 e. The van der Waals surface area contributed by atoms with E-state index in [0.717, 1.165) is 11.1 Å². The van der Waals surface area contributed by atoms with E-state index in [0.29, 0.717) is 11.4 Å². The van der Waals surface area contributed by atoms with Crippen molar-refractivity contribution in [2.75, 3.05) is 16.7 Å². The van der Waals surface area contributed by atoms with Crippen LogP contribution in [-0.2, 0) is 14.8 Å². The van der Waals surface area contributed by atoms with Crippen LogP contribution in [0.4, 0.5) is 11.4 Å². The Morgan fingerprint density at radius 3 is 2.46 bits per heavy atom. The highest BCUT2D eigenvalue weighted by Crippen LogP contribution is 2.24. The van der Waals surface area contributed by atoms with Gasteiger partial charge in [-0.1, -0.05) is 12.1 Å². The van der Waals surface area contributed by atoms with Gasteiger partial charge in [-0.2, -0.15) is 5.10 Å². The average molecular weight is 370 g/mol. The highest BCUT2D eigenvalue weighted by molar-refractivity contribution is 7.92. The third-order valence-corrected chi connectivity index (χ3v) is 5.35. The Bertz CT molecular complexity index is 1010. The first-order chi connectivity index (χ1) is 12.4. The first-order valence-electron chi connectivity index (χ1n) is 7.83. The number of hydrogen-bond acceptors (Lipinski definition) is 4. The number of amides is 1. The molecule has 1 heterocycles. The summed E-state index contributed by atoms with van der Waals surface area (Å²) in [5.41, 5.74) is 2.78. The number of H-pyrrole nitrogens is 1. The first-order valence-corrected chi connectivity index (χ1v) is 9.31. The van der Waals surface area contributed by atoms with Gasteiger partial charge in [0.25, 0.3) is 10.0 Å². The maximum Gasteiger partial charge on any atom is 0.261 e. The molecule has 0 aliphatic heterocycles. The van der Waals surface area contributed by atoms with Crippen LogP contribution in [0.3, 0.4) is 0 Å². The van der Waals surface area contributed by atoms with E-state index >= 15 is 0 Å². The number of nitrogens with zero attached hydrogens (tertiary/aromatic N) is 2. The molecule has 0 saturated heterocycles. The third kappa shape index (κ3) is 3.75. The van der Waals surface area contributed by atoms with Crippen molar-refractivity contribution in [3.63, 3.8) is 0 Å². The van der Waals surface area contributed by atoms with Gasteiger partial charge >= 0.3 is 0 Å². The maximum absolute atomic E-state index is 12.6. The highest BCUT2D eigenvalue weighted by atomic mass is 32.2. The number of aromatic nitrogens is 2. The summed E-state index contributed by atoms with van der Waals surface area (Å²) >= 11 is 0. The fourth-order valence-electron chi connectivity index (χ4n) is 2.42. The predicted octanol–water partition coefficient (Wildman–Crippen LogP) is 2.86. The van der Waals surface area contributed by atoms with Crippen LogP contribution in [0, 0.1) is 0 Å². The molecule has 134 valence electrons. The van der Waals surface area contributed by atoms with Crippen molar-refractivity contribution < 1.29 is 13.2 Å². The minimum absolute atomic E-state index is 0.118. The Morgan fingerprint density at radius 1 is 1.12 bits per heavy atom. The van der Waals surface area contributed by atoms with Crippen LogP contribution in [-0.4, -0.2) is 31.6 Å². The number of nitrogens with one attached hydrogen (secondary N) is 2. The van der Waals surface area contributed by atoms with Gasteiger partial charge in [-0.15, -0.1) is 0 Å². The number of sulfonamides is 1. The average Bonchev–Trinajstić information content (AvgIpc) is 3.16. The second kappa shape index (κ2) is 7.01. The standard InChI is InChI=1S/C18H18N4O3S/c1-13(23)22(2)17-6-8-18(9-7-17)26(24,25)21-16-5-3-4-14(10-16)15-11-19-20-12-15/h3-12,21H,1-2H3,(H,19,20). The quantitative estimate of drug-likeness (QED) is 0.722. The number of rotatable bonds is 5. The lowest BCUT2D eigenvalue weighted by molar-refractivity contribution is -0.116. The van der Waals surface area contributed by atoms with Crippen molar-refractivity contribution >= 4 is 27.3 Å². The summed E-state index contributed by atoms with van der Waals surface area (Å²) in [6, 6.07) is 13.2. The van der Waals surface area contributed by atoms with Crippen LogP contribution in [0.25, 0.3) is 11.1 Å². The lowest BCUT2D eigenvalue weighted by Gasteiger charge is -2.15. The topological polar surface area (TPSA) is 95.2 Å². The highest BCUT2D eigenvalue weighted by Gasteiger charge is 2.15. The minimum atomic E-state index is -3.74. The molecule has 0 spiro atoms.